The number of ketones is 1. The molecule has 0 saturated carbocycles. The first kappa shape index (κ1) is 22.7. The Morgan fingerprint density at radius 1 is 1.39 bits per heavy atom. The molecule has 2 aliphatic heterocycles. The van der Waals surface area contributed by atoms with Crippen LogP contribution in [0.5, 0.6) is 0 Å². The van der Waals surface area contributed by atoms with Crippen LogP contribution in [-0.2, 0) is 23.8 Å². The number of aliphatic hydroxyl groups is 2. The minimum absolute atomic E-state index is 0.0802. The lowest BCUT2D eigenvalue weighted by atomic mass is 9.75. The van der Waals surface area contributed by atoms with Crippen molar-refractivity contribution in [2.45, 2.75) is 77.2 Å². The van der Waals surface area contributed by atoms with Crippen LogP contribution in [0, 0.1) is 11.8 Å². The molecule has 2 N–H and O–H groups in total. The maximum atomic E-state index is 11.8. The minimum Gasteiger partial charge on any atom is -0.465 e. The number of aliphatic hydroxyl groups excluding tert-OH is 2. The van der Waals surface area contributed by atoms with Crippen LogP contribution in [0.1, 0.15) is 47.5 Å². The zero-order valence-corrected chi connectivity index (χ0v) is 17.3. The van der Waals surface area contributed by atoms with Crippen molar-refractivity contribution in [1.29, 1.82) is 0 Å². The lowest BCUT2D eigenvalue weighted by molar-refractivity contribution is -0.193. The summed E-state index contributed by atoms with van der Waals surface area (Å²) in [6.45, 7) is 12.4. The highest BCUT2D eigenvalue weighted by atomic mass is 16.8. The Morgan fingerprint density at radius 2 is 2.04 bits per heavy atom. The third-order valence-corrected chi connectivity index (χ3v) is 5.80. The first-order valence-electron chi connectivity index (χ1n) is 9.74. The molecule has 7 heteroatoms. The molecule has 2 rings (SSSR count). The molecule has 2 bridgehead atoms. The Hall–Kier alpha value is -1.54. The number of Topliss-reactive ketones (excluding diaryl/α,β-unsaturated/α-hetero) is 1. The van der Waals surface area contributed by atoms with Crippen molar-refractivity contribution < 1.29 is 34.0 Å². The van der Waals surface area contributed by atoms with E-state index in [4.69, 9.17) is 14.2 Å². The van der Waals surface area contributed by atoms with E-state index in [0.29, 0.717) is 0 Å². The van der Waals surface area contributed by atoms with E-state index < -0.39 is 41.6 Å². The molecule has 7 nitrogen and oxygen atoms in total. The molecule has 158 valence electrons. The van der Waals surface area contributed by atoms with Crippen LogP contribution in [0.2, 0.25) is 0 Å². The van der Waals surface area contributed by atoms with Gasteiger partial charge in [0.2, 0.25) is 5.79 Å². The summed E-state index contributed by atoms with van der Waals surface area (Å²) in [7, 11) is 0. The standard InChI is InChI=1S/C21H32O7/c1-7-9-12(3)19-20(6)18(25)16(11-26-14(5)22)21(27-19,28-20)13(4)17(24)10-15(23)8-2/h7,9,12,16-19,24-25H,4,8,10-11H2,1-3,5-6H3/b9-7-/t12-,16+,17-,18-,19+,20-,21+/m0/s1. The Kier molecular flexibility index (Phi) is 6.86. The van der Waals surface area contributed by atoms with Crippen molar-refractivity contribution in [2.24, 2.45) is 11.8 Å². The van der Waals surface area contributed by atoms with Crippen molar-refractivity contribution in [3.8, 4) is 0 Å². The highest BCUT2D eigenvalue weighted by molar-refractivity contribution is 5.79. The molecular weight excluding hydrogens is 364 g/mol. The monoisotopic (exact) mass is 396 g/mol. The Labute approximate surface area is 166 Å². The van der Waals surface area contributed by atoms with Crippen LogP contribution in [0.25, 0.3) is 0 Å². The van der Waals surface area contributed by atoms with Crippen LogP contribution >= 0.6 is 0 Å². The summed E-state index contributed by atoms with van der Waals surface area (Å²) in [5, 5.41) is 21.7. The van der Waals surface area contributed by atoms with Gasteiger partial charge in [0.25, 0.3) is 0 Å². The number of fused-ring (bicyclic) bond motifs is 2. The summed E-state index contributed by atoms with van der Waals surface area (Å²) in [5.74, 6) is -3.02. The van der Waals surface area contributed by atoms with Crippen molar-refractivity contribution >= 4 is 11.8 Å². The number of carbonyl (C=O) groups excluding carboxylic acids is 2. The molecular formula is C21H32O7. The number of allylic oxidation sites excluding steroid dienone is 1. The Balaban J connectivity index is 2.40. The van der Waals surface area contributed by atoms with E-state index >= 15 is 0 Å². The maximum absolute atomic E-state index is 11.8. The van der Waals surface area contributed by atoms with Crippen LogP contribution in [-0.4, -0.2) is 58.3 Å². The lowest BCUT2D eigenvalue weighted by Crippen LogP contribution is -2.57. The van der Waals surface area contributed by atoms with Crippen molar-refractivity contribution in [2.75, 3.05) is 6.61 Å². The second-order valence-corrected chi connectivity index (χ2v) is 7.87. The first-order valence-corrected chi connectivity index (χ1v) is 9.74. The van der Waals surface area contributed by atoms with Gasteiger partial charge in [-0.25, -0.2) is 0 Å². The Morgan fingerprint density at radius 3 is 2.57 bits per heavy atom. The molecule has 2 fully saturated rings. The zero-order chi connectivity index (χ0) is 21.3. The molecule has 0 aromatic heterocycles. The van der Waals surface area contributed by atoms with Gasteiger partial charge in [0.1, 0.15) is 18.0 Å². The Bertz CT molecular complexity index is 657. The van der Waals surface area contributed by atoms with Crippen LogP contribution in [0.15, 0.2) is 24.3 Å². The molecule has 2 saturated heterocycles. The summed E-state index contributed by atoms with van der Waals surface area (Å²) in [6, 6.07) is 0. The third-order valence-electron chi connectivity index (χ3n) is 5.80. The number of hydrogen-bond donors (Lipinski definition) is 2. The number of hydrogen-bond acceptors (Lipinski definition) is 7. The molecule has 0 unspecified atom stereocenters. The summed E-state index contributed by atoms with van der Waals surface area (Å²) < 4.78 is 17.6. The van der Waals surface area contributed by atoms with Gasteiger partial charge in [-0.15, -0.1) is 0 Å². The van der Waals surface area contributed by atoms with Gasteiger partial charge >= 0.3 is 5.97 Å². The van der Waals surface area contributed by atoms with E-state index in [9.17, 15) is 19.8 Å². The highest BCUT2D eigenvalue weighted by Gasteiger charge is 2.73. The fourth-order valence-electron chi connectivity index (χ4n) is 4.25. The van der Waals surface area contributed by atoms with Gasteiger partial charge in [0.15, 0.2) is 0 Å². The number of carbonyl (C=O) groups is 2. The van der Waals surface area contributed by atoms with Crippen molar-refractivity contribution in [1.82, 2.24) is 0 Å². The third kappa shape index (κ3) is 3.81. The van der Waals surface area contributed by atoms with E-state index in [2.05, 4.69) is 6.58 Å². The normalized spacial score (nSPS) is 36.5. The SMILES string of the molecule is C=C([C@@H](O)CC(=O)CC)[C@@]12O[C@H]([C@@H](C)/C=C\C)[C@@](C)(O1)[C@@H](O)[C@H]2COC(C)=O. The average molecular weight is 396 g/mol. The molecule has 0 amide bonds. The maximum Gasteiger partial charge on any atom is 0.302 e. The topological polar surface area (TPSA) is 102 Å². The summed E-state index contributed by atoms with van der Waals surface area (Å²) in [5.41, 5.74) is -0.925. The van der Waals surface area contributed by atoms with E-state index in [1.54, 1.807) is 13.8 Å². The van der Waals surface area contributed by atoms with Crippen molar-refractivity contribution in [3.63, 3.8) is 0 Å². The summed E-state index contributed by atoms with van der Waals surface area (Å²) in [6.07, 6.45) is 1.30. The smallest absolute Gasteiger partial charge is 0.302 e. The second-order valence-electron chi connectivity index (χ2n) is 7.87. The second kappa shape index (κ2) is 8.45. The van der Waals surface area contributed by atoms with Crippen molar-refractivity contribution in [3.05, 3.63) is 24.3 Å². The predicted molar refractivity (Wildman–Crippen MR) is 102 cm³/mol. The van der Waals surface area contributed by atoms with Gasteiger partial charge in [-0.05, 0) is 13.8 Å². The fraction of sp³-hybridized carbons (Fsp3) is 0.714. The largest absolute Gasteiger partial charge is 0.465 e. The minimum atomic E-state index is -1.54. The molecule has 0 spiro atoms. The van der Waals surface area contributed by atoms with Gasteiger partial charge < -0.3 is 24.4 Å². The molecule has 0 radical (unpaired) electrons. The van der Waals surface area contributed by atoms with Crippen LogP contribution in [0.3, 0.4) is 0 Å². The van der Waals surface area contributed by atoms with Gasteiger partial charge in [0.05, 0.1) is 24.2 Å². The fourth-order valence-corrected chi connectivity index (χ4v) is 4.25. The van der Waals surface area contributed by atoms with Gasteiger partial charge in [-0.1, -0.05) is 32.6 Å². The molecule has 0 aromatic carbocycles. The van der Waals surface area contributed by atoms with E-state index in [-0.39, 0.29) is 36.7 Å². The molecule has 2 aliphatic rings. The highest BCUT2D eigenvalue weighted by Crippen LogP contribution is 2.58. The van der Waals surface area contributed by atoms with Crippen LogP contribution < -0.4 is 0 Å². The molecule has 7 atom stereocenters. The van der Waals surface area contributed by atoms with Gasteiger partial charge in [-0.3, -0.25) is 9.59 Å². The number of rotatable bonds is 9. The lowest BCUT2D eigenvalue weighted by Gasteiger charge is -2.42. The van der Waals surface area contributed by atoms with E-state index in [1.807, 2.05) is 26.0 Å². The molecule has 0 aliphatic carbocycles. The molecule has 0 aromatic rings. The van der Waals surface area contributed by atoms with Gasteiger partial charge in [-0.2, -0.15) is 0 Å². The van der Waals surface area contributed by atoms with Crippen LogP contribution in [0.4, 0.5) is 0 Å². The summed E-state index contributed by atoms with van der Waals surface area (Å²) >= 11 is 0. The summed E-state index contributed by atoms with van der Waals surface area (Å²) in [4.78, 5) is 23.1. The zero-order valence-electron chi connectivity index (χ0n) is 17.3. The number of ether oxygens (including phenoxy) is 3. The number of esters is 1. The first-order chi connectivity index (χ1) is 13.0. The quantitative estimate of drug-likeness (QED) is 0.453. The average Bonchev–Trinajstić information content (AvgIpc) is 3.06. The van der Waals surface area contributed by atoms with E-state index in [1.165, 1.54) is 6.92 Å². The van der Waals surface area contributed by atoms with E-state index in [0.717, 1.165) is 0 Å². The van der Waals surface area contributed by atoms with Gasteiger partial charge in [0, 0.05) is 31.3 Å². The predicted octanol–water partition coefficient (Wildman–Crippen LogP) is 1.91. The molecule has 28 heavy (non-hydrogen) atoms. The molecule has 2 heterocycles.